The number of pyridine rings is 1. The predicted molar refractivity (Wildman–Crippen MR) is 105 cm³/mol. The summed E-state index contributed by atoms with van der Waals surface area (Å²) in [4.78, 5) is 6.19. The van der Waals surface area contributed by atoms with E-state index in [0.717, 1.165) is 13.5 Å². The Morgan fingerprint density at radius 3 is 2.62 bits per heavy atom. The van der Waals surface area contributed by atoms with Crippen molar-refractivity contribution in [1.82, 2.24) is 9.88 Å². The van der Waals surface area contributed by atoms with E-state index in [1.807, 2.05) is 11.0 Å². The van der Waals surface area contributed by atoms with Crippen molar-refractivity contribution in [3.05, 3.63) is 48.7 Å². The molecule has 4 nitrogen and oxygen atoms in total. The molecule has 0 saturated carbocycles. The van der Waals surface area contributed by atoms with Crippen LogP contribution in [0.3, 0.4) is 0 Å². The smallest absolute Gasteiger partial charge is 0.423 e. The average Bonchev–Trinajstić information content (AvgIpc) is 2.73. The molecule has 1 aromatic carbocycles. The Kier molecular flexibility index (Phi) is 5.07. The maximum absolute atomic E-state index is 14.8. The summed E-state index contributed by atoms with van der Waals surface area (Å²) in [5.41, 5.74) is -1.89. The number of nitrogens with zero attached hydrogens (tertiary/aromatic N) is 2. The van der Waals surface area contributed by atoms with Gasteiger partial charge in [-0.1, -0.05) is 6.08 Å². The number of hydrogen-bond donors (Lipinski definition) is 0. The molecule has 5 rings (SSSR count). The van der Waals surface area contributed by atoms with E-state index >= 15 is 0 Å². The lowest BCUT2D eigenvalue weighted by Gasteiger charge is -2.55. The van der Waals surface area contributed by atoms with Crippen molar-refractivity contribution in [2.24, 2.45) is 11.8 Å². The number of benzene rings is 1. The fraction of sp³-hybridized carbons (Fsp3) is 0.500. The van der Waals surface area contributed by atoms with E-state index in [2.05, 4.69) is 11.6 Å². The second-order valence-corrected chi connectivity index (χ2v) is 7.87. The summed E-state index contributed by atoms with van der Waals surface area (Å²) >= 11 is 0. The van der Waals surface area contributed by atoms with Crippen LogP contribution in [0.2, 0.25) is 0 Å². The van der Waals surface area contributed by atoms with Gasteiger partial charge in [0.05, 0.1) is 18.7 Å². The van der Waals surface area contributed by atoms with Gasteiger partial charge in [0.15, 0.2) is 0 Å². The van der Waals surface area contributed by atoms with Gasteiger partial charge in [0.1, 0.15) is 5.75 Å². The van der Waals surface area contributed by atoms with Gasteiger partial charge in [-0.2, -0.15) is 13.2 Å². The van der Waals surface area contributed by atoms with Gasteiger partial charge in [0.2, 0.25) is 5.60 Å². The molecule has 5 atom stereocenters. The third kappa shape index (κ3) is 3.02. The fourth-order valence-corrected chi connectivity index (χ4v) is 5.22. The second kappa shape index (κ2) is 7.29. The van der Waals surface area contributed by atoms with E-state index in [1.54, 1.807) is 18.2 Å². The Hall–Kier alpha value is -2.12. The number of alkyl halides is 3. The number of fused-ring (bicyclic) bond motifs is 4. The highest BCUT2D eigenvalue weighted by atomic mass is 19.4. The second-order valence-electron chi connectivity index (χ2n) is 7.87. The van der Waals surface area contributed by atoms with Gasteiger partial charge in [-0.05, 0) is 55.5 Å². The van der Waals surface area contributed by atoms with Crippen molar-refractivity contribution < 1.29 is 22.6 Å². The summed E-state index contributed by atoms with van der Waals surface area (Å²) in [6.07, 6.45) is -0.00701. The Bertz CT molecular complexity index is 917. The summed E-state index contributed by atoms with van der Waals surface area (Å²) in [7, 11) is 2.65. The molecule has 4 heterocycles. The van der Waals surface area contributed by atoms with Crippen LogP contribution in [-0.4, -0.2) is 49.4 Å². The lowest BCUT2D eigenvalue weighted by atomic mass is 9.69. The minimum atomic E-state index is -4.61. The molecule has 1 unspecified atom stereocenters. The molecule has 7 heteroatoms. The molecule has 0 amide bonds. The summed E-state index contributed by atoms with van der Waals surface area (Å²) < 4.78 is 55.2. The van der Waals surface area contributed by atoms with Crippen LogP contribution in [0.5, 0.6) is 5.75 Å². The molecule has 2 bridgehead atoms. The molecular weight excluding hydrogens is 381 g/mol. The monoisotopic (exact) mass is 406 g/mol. The number of piperidine rings is 3. The van der Waals surface area contributed by atoms with Gasteiger partial charge in [-0.3, -0.25) is 9.88 Å². The van der Waals surface area contributed by atoms with Crippen molar-refractivity contribution in [2.45, 2.75) is 30.7 Å². The Balaban J connectivity index is 1.93. The predicted octanol–water partition coefficient (Wildman–Crippen LogP) is 4.54. The number of ether oxygens (including phenoxy) is 2. The number of hydrogen-bond acceptors (Lipinski definition) is 4. The first-order valence-electron chi connectivity index (χ1n) is 9.77. The largest absolute Gasteiger partial charge is 0.497 e. The maximum Gasteiger partial charge on any atom is 0.423 e. The molecule has 156 valence electrons. The standard InChI is InChI=1S/C22H25F3N2O2/c1-4-14-13-27-10-8-15(14)11-20(27)21(29-3,22(23,24)25)18-7-9-26-19-6-5-16(28-2)12-17(18)19/h4-7,9,12,14-15,20H,1,8,10-11,13H2,2-3H3/t14-,15-,20+,21+/m0/s1. The Morgan fingerprint density at radius 2 is 2.03 bits per heavy atom. The van der Waals surface area contributed by atoms with Gasteiger partial charge < -0.3 is 9.47 Å². The van der Waals surface area contributed by atoms with E-state index in [4.69, 9.17) is 9.47 Å². The zero-order chi connectivity index (χ0) is 20.8. The van der Waals surface area contributed by atoms with Gasteiger partial charge >= 0.3 is 6.18 Å². The normalized spacial score (nSPS) is 28.9. The van der Waals surface area contributed by atoms with E-state index in [-0.39, 0.29) is 17.4 Å². The maximum atomic E-state index is 14.8. The first-order chi connectivity index (χ1) is 13.9. The molecule has 3 aliphatic rings. The first kappa shape index (κ1) is 20.2. The van der Waals surface area contributed by atoms with Crippen molar-refractivity contribution in [2.75, 3.05) is 27.3 Å². The average molecular weight is 406 g/mol. The van der Waals surface area contributed by atoms with Gasteiger partial charge in [-0.15, -0.1) is 6.58 Å². The van der Waals surface area contributed by atoms with Gasteiger partial charge in [0, 0.05) is 30.8 Å². The van der Waals surface area contributed by atoms with E-state index in [0.29, 0.717) is 36.2 Å². The molecule has 1 aromatic heterocycles. The van der Waals surface area contributed by atoms with E-state index in [9.17, 15) is 13.2 Å². The summed E-state index contributed by atoms with van der Waals surface area (Å²) in [5.74, 6) is 0.884. The topological polar surface area (TPSA) is 34.6 Å². The van der Waals surface area contributed by atoms with Crippen LogP contribution in [0, 0.1) is 11.8 Å². The summed E-state index contributed by atoms with van der Waals surface area (Å²) in [6.45, 7) is 5.08. The van der Waals surface area contributed by atoms with Crippen LogP contribution < -0.4 is 4.74 Å². The third-order valence-corrected chi connectivity index (χ3v) is 6.67. The van der Waals surface area contributed by atoms with E-state index in [1.165, 1.54) is 19.4 Å². The molecule has 0 N–H and O–H groups in total. The third-order valence-electron chi connectivity index (χ3n) is 6.67. The zero-order valence-electron chi connectivity index (χ0n) is 16.6. The molecule has 2 aromatic rings. The van der Waals surface area contributed by atoms with Crippen LogP contribution in [0.25, 0.3) is 10.9 Å². The Labute approximate surface area is 168 Å². The highest BCUT2D eigenvalue weighted by Crippen LogP contribution is 2.53. The van der Waals surface area contributed by atoms with Gasteiger partial charge in [0.25, 0.3) is 0 Å². The number of aromatic nitrogens is 1. The van der Waals surface area contributed by atoms with Crippen LogP contribution in [0.1, 0.15) is 18.4 Å². The number of rotatable bonds is 5. The van der Waals surface area contributed by atoms with Crippen LogP contribution in [-0.2, 0) is 10.3 Å². The van der Waals surface area contributed by atoms with Crippen molar-refractivity contribution in [1.29, 1.82) is 0 Å². The lowest BCUT2D eigenvalue weighted by molar-refractivity contribution is -0.306. The fourth-order valence-electron chi connectivity index (χ4n) is 5.22. The number of methoxy groups -OCH3 is 2. The molecule has 0 aliphatic carbocycles. The quantitative estimate of drug-likeness (QED) is 0.683. The van der Waals surface area contributed by atoms with E-state index < -0.39 is 17.8 Å². The minimum Gasteiger partial charge on any atom is -0.497 e. The zero-order valence-corrected chi connectivity index (χ0v) is 16.6. The molecule has 3 saturated heterocycles. The minimum absolute atomic E-state index is 0.0871. The van der Waals surface area contributed by atoms with Crippen molar-refractivity contribution in [3.63, 3.8) is 0 Å². The first-order valence-corrected chi connectivity index (χ1v) is 9.77. The summed E-state index contributed by atoms with van der Waals surface area (Å²) in [5, 5.41) is 0.397. The molecule has 3 aliphatic heterocycles. The van der Waals surface area contributed by atoms with Crippen LogP contribution in [0.15, 0.2) is 43.1 Å². The molecule has 3 fully saturated rings. The summed E-state index contributed by atoms with van der Waals surface area (Å²) in [6, 6.07) is 5.62. The van der Waals surface area contributed by atoms with Crippen molar-refractivity contribution in [3.8, 4) is 5.75 Å². The highest BCUT2D eigenvalue weighted by molar-refractivity contribution is 5.84. The number of halogens is 3. The molecule has 29 heavy (non-hydrogen) atoms. The van der Waals surface area contributed by atoms with Gasteiger partial charge in [-0.25, -0.2) is 0 Å². The van der Waals surface area contributed by atoms with Crippen LogP contribution in [0.4, 0.5) is 13.2 Å². The molecule has 0 radical (unpaired) electrons. The Morgan fingerprint density at radius 1 is 1.24 bits per heavy atom. The van der Waals surface area contributed by atoms with Crippen molar-refractivity contribution >= 4 is 10.9 Å². The highest BCUT2D eigenvalue weighted by Gasteiger charge is 2.65. The lowest BCUT2D eigenvalue weighted by Crippen LogP contribution is -2.65. The molecule has 0 spiro atoms. The SMILES string of the molecule is C=C[C@H]1CN2CC[C@H]1C[C@@H]2[C@](OC)(c1ccnc2ccc(OC)cc12)C(F)(F)F. The van der Waals surface area contributed by atoms with Crippen LogP contribution >= 0.6 is 0 Å². The molecular formula is C22H25F3N2O2.